The highest BCUT2D eigenvalue weighted by molar-refractivity contribution is 7.89. The first-order chi connectivity index (χ1) is 12.9. The Balaban J connectivity index is 1.70. The summed E-state index contributed by atoms with van der Waals surface area (Å²) in [6, 6.07) is 20.0. The molecule has 5 nitrogen and oxygen atoms in total. The van der Waals surface area contributed by atoms with Crippen molar-refractivity contribution in [1.82, 2.24) is 4.31 Å². The van der Waals surface area contributed by atoms with Gasteiger partial charge in [-0.1, -0.05) is 54.1 Å². The summed E-state index contributed by atoms with van der Waals surface area (Å²) in [7, 11) is -2.19. The fourth-order valence-electron chi connectivity index (χ4n) is 2.83. The molecular weight excluding hydrogens is 360 g/mol. The van der Waals surface area contributed by atoms with Gasteiger partial charge in [0, 0.05) is 31.1 Å². The van der Waals surface area contributed by atoms with E-state index >= 15 is 0 Å². The van der Waals surface area contributed by atoms with Crippen LogP contribution in [0.2, 0.25) is 0 Å². The van der Waals surface area contributed by atoms with Crippen LogP contribution in [0.1, 0.15) is 12.0 Å². The Hall–Kier alpha value is -2.70. The summed E-state index contributed by atoms with van der Waals surface area (Å²) in [5.74, 6) is -0.223. The van der Waals surface area contributed by atoms with E-state index in [1.54, 1.807) is 18.2 Å². The summed E-state index contributed by atoms with van der Waals surface area (Å²) in [5, 5.41) is 4.33. The van der Waals surface area contributed by atoms with Gasteiger partial charge in [0.15, 0.2) is 0 Å². The van der Waals surface area contributed by atoms with Crippen LogP contribution in [-0.4, -0.2) is 32.2 Å². The number of hydrogen-bond acceptors (Lipinski definition) is 3. The largest absolute Gasteiger partial charge is 0.326 e. The summed E-state index contributed by atoms with van der Waals surface area (Å²) in [6.45, 7) is 2.07. The smallest absolute Gasteiger partial charge is 0.243 e. The van der Waals surface area contributed by atoms with Crippen LogP contribution in [0.5, 0.6) is 0 Å². The van der Waals surface area contributed by atoms with Crippen molar-refractivity contribution in [3.05, 3.63) is 72.3 Å². The number of fused-ring (bicyclic) bond motifs is 1. The molecule has 140 valence electrons. The molecule has 0 aliphatic rings. The Morgan fingerprint density at radius 1 is 0.963 bits per heavy atom. The van der Waals surface area contributed by atoms with Gasteiger partial charge in [0.2, 0.25) is 15.9 Å². The monoisotopic (exact) mass is 382 g/mol. The molecule has 6 heteroatoms. The van der Waals surface area contributed by atoms with E-state index in [4.69, 9.17) is 0 Å². The van der Waals surface area contributed by atoms with Crippen molar-refractivity contribution in [2.45, 2.75) is 18.2 Å². The van der Waals surface area contributed by atoms with Crippen molar-refractivity contribution >= 4 is 32.4 Å². The van der Waals surface area contributed by atoms with E-state index in [1.807, 2.05) is 55.5 Å². The standard InChI is InChI=1S/C21H22N2O3S/c1-16-10-12-18(13-11-16)22-21(24)14-15-23(2)27(25,26)20-9-5-7-17-6-3-4-8-19(17)20/h3-13H,14-15H2,1-2H3,(H,22,24). The Morgan fingerprint density at radius 2 is 1.63 bits per heavy atom. The lowest BCUT2D eigenvalue weighted by Gasteiger charge is -2.18. The minimum Gasteiger partial charge on any atom is -0.326 e. The molecule has 0 aliphatic heterocycles. The molecule has 3 aromatic rings. The van der Waals surface area contributed by atoms with Crippen LogP contribution in [0.4, 0.5) is 5.69 Å². The first kappa shape index (κ1) is 19.1. The molecule has 0 spiro atoms. The quantitative estimate of drug-likeness (QED) is 0.705. The number of nitrogens with zero attached hydrogens (tertiary/aromatic N) is 1. The summed E-state index contributed by atoms with van der Waals surface area (Å²) < 4.78 is 27.1. The van der Waals surface area contributed by atoms with E-state index in [0.717, 1.165) is 10.9 Å². The fraction of sp³-hybridized carbons (Fsp3) is 0.190. The van der Waals surface area contributed by atoms with Crippen LogP contribution in [0.25, 0.3) is 10.8 Å². The number of benzene rings is 3. The molecule has 0 atom stereocenters. The third kappa shape index (κ3) is 4.35. The highest BCUT2D eigenvalue weighted by Crippen LogP contribution is 2.25. The van der Waals surface area contributed by atoms with Crippen molar-refractivity contribution in [3.8, 4) is 0 Å². The topological polar surface area (TPSA) is 66.5 Å². The van der Waals surface area contributed by atoms with Gasteiger partial charge in [-0.2, -0.15) is 0 Å². The highest BCUT2D eigenvalue weighted by Gasteiger charge is 2.23. The van der Waals surface area contributed by atoms with Crippen molar-refractivity contribution < 1.29 is 13.2 Å². The van der Waals surface area contributed by atoms with Gasteiger partial charge in [0.1, 0.15) is 0 Å². The number of nitrogens with one attached hydrogen (secondary N) is 1. The summed E-state index contributed by atoms with van der Waals surface area (Å²) >= 11 is 0. The van der Waals surface area contributed by atoms with E-state index in [9.17, 15) is 13.2 Å². The predicted octanol–water partition coefficient (Wildman–Crippen LogP) is 3.80. The van der Waals surface area contributed by atoms with Crippen molar-refractivity contribution in [2.75, 3.05) is 18.9 Å². The van der Waals surface area contributed by atoms with Crippen LogP contribution < -0.4 is 5.32 Å². The van der Waals surface area contributed by atoms with Gasteiger partial charge in [0.25, 0.3) is 0 Å². The second kappa shape index (κ2) is 7.90. The Morgan fingerprint density at radius 3 is 2.37 bits per heavy atom. The molecule has 0 unspecified atom stereocenters. The summed E-state index contributed by atoms with van der Waals surface area (Å²) in [5.41, 5.74) is 1.80. The van der Waals surface area contributed by atoms with Crippen LogP contribution in [0, 0.1) is 6.92 Å². The zero-order valence-corrected chi connectivity index (χ0v) is 16.2. The van der Waals surface area contributed by atoms with E-state index in [0.29, 0.717) is 11.1 Å². The van der Waals surface area contributed by atoms with E-state index < -0.39 is 10.0 Å². The van der Waals surface area contributed by atoms with Gasteiger partial charge in [-0.05, 0) is 30.5 Å². The van der Waals surface area contributed by atoms with Gasteiger partial charge in [0.05, 0.1) is 4.90 Å². The molecule has 0 aliphatic carbocycles. The average molecular weight is 382 g/mol. The molecule has 0 heterocycles. The zero-order chi connectivity index (χ0) is 19.4. The van der Waals surface area contributed by atoms with Crippen molar-refractivity contribution in [3.63, 3.8) is 0 Å². The first-order valence-electron chi connectivity index (χ1n) is 8.68. The lowest BCUT2D eigenvalue weighted by molar-refractivity contribution is -0.116. The molecule has 0 saturated heterocycles. The molecule has 0 fully saturated rings. The predicted molar refractivity (Wildman–Crippen MR) is 108 cm³/mol. The van der Waals surface area contributed by atoms with E-state index in [-0.39, 0.29) is 23.8 Å². The van der Waals surface area contributed by atoms with Crippen molar-refractivity contribution in [2.24, 2.45) is 0 Å². The molecule has 3 aromatic carbocycles. The lowest BCUT2D eigenvalue weighted by atomic mass is 10.1. The van der Waals surface area contributed by atoms with Gasteiger partial charge in [-0.15, -0.1) is 0 Å². The average Bonchev–Trinajstić information content (AvgIpc) is 2.67. The van der Waals surface area contributed by atoms with Crippen molar-refractivity contribution in [1.29, 1.82) is 0 Å². The first-order valence-corrected chi connectivity index (χ1v) is 10.1. The maximum atomic E-state index is 12.9. The number of amides is 1. The summed E-state index contributed by atoms with van der Waals surface area (Å²) in [6.07, 6.45) is 0.0778. The van der Waals surface area contributed by atoms with E-state index in [2.05, 4.69) is 5.32 Å². The SMILES string of the molecule is Cc1ccc(NC(=O)CCN(C)S(=O)(=O)c2cccc3ccccc23)cc1. The second-order valence-electron chi connectivity index (χ2n) is 6.47. The Bertz CT molecular complexity index is 1050. The number of sulfonamides is 1. The molecule has 0 saturated carbocycles. The maximum absolute atomic E-state index is 12.9. The van der Waals surface area contributed by atoms with Crippen LogP contribution >= 0.6 is 0 Å². The number of carbonyl (C=O) groups is 1. The van der Waals surface area contributed by atoms with Gasteiger partial charge in [-0.3, -0.25) is 4.79 Å². The number of hydrogen-bond donors (Lipinski definition) is 1. The molecule has 0 radical (unpaired) electrons. The molecule has 0 aromatic heterocycles. The molecule has 0 bridgehead atoms. The number of carbonyl (C=O) groups excluding carboxylic acids is 1. The van der Waals surface area contributed by atoms with Crippen LogP contribution in [0.3, 0.4) is 0 Å². The minimum atomic E-state index is -3.69. The van der Waals surface area contributed by atoms with Crippen LogP contribution in [-0.2, 0) is 14.8 Å². The maximum Gasteiger partial charge on any atom is 0.243 e. The third-order valence-corrected chi connectivity index (χ3v) is 6.34. The number of rotatable bonds is 6. The lowest BCUT2D eigenvalue weighted by Crippen LogP contribution is -2.30. The Labute approximate surface area is 159 Å². The highest BCUT2D eigenvalue weighted by atomic mass is 32.2. The normalized spacial score (nSPS) is 11.7. The molecule has 1 amide bonds. The van der Waals surface area contributed by atoms with Gasteiger partial charge in [-0.25, -0.2) is 12.7 Å². The third-order valence-electron chi connectivity index (χ3n) is 4.43. The molecule has 3 rings (SSSR count). The van der Waals surface area contributed by atoms with Gasteiger partial charge < -0.3 is 5.32 Å². The number of aryl methyl sites for hydroxylation is 1. The molecule has 1 N–H and O–H groups in total. The summed E-state index contributed by atoms with van der Waals surface area (Å²) in [4.78, 5) is 12.4. The fourth-order valence-corrected chi connectivity index (χ4v) is 4.21. The van der Waals surface area contributed by atoms with Gasteiger partial charge >= 0.3 is 0 Å². The second-order valence-corrected chi connectivity index (χ2v) is 8.48. The zero-order valence-electron chi connectivity index (χ0n) is 15.3. The van der Waals surface area contributed by atoms with Crippen LogP contribution in [0.15, 0.2) is 71.6 Å². The molecule has 27 heavy (non-hydrogen) atoms. The molecular formula is C21H22N2O3S. The number of anilines is 1. The van der Waals surface area contributed by atoms with E-state index in [1.165, 1.54) is 11.4 Å². The minimum absolute atomic E-state index is 0.0778. The Kier molecular flexibility index (Phi) is 5.58.